The summed E-state index contributed by atoms with van der Waals surface area (Å²) in [6.07, 6.45) is 4.82. The van der Waals surface area contributed by atoms with Gasteiger partial charge in [0.25, 0.3) is 5.91 Å². The Morgan fingerprint density at radius 2 is 1.95 bits per heavy atom. The zero-order valence-electron chi connectivity index (χ0n) is 21.9. The molecule has 1 amide bonds. The number of anilines is 2. The molecule has 0 bridgehead atoms. The summed E-state index contributed by atoms with van der Waals surface area (Å²) in [4.78, 5) is 27.4. The van der Waals surface area contributed by atoms with E-state index >= 15 is 0 Å². The molecule has 1 fully saturated rings. The number of aliphatic imine (C=N–C) groups is 1. The molecule has 0 aliphatic carbocycles. The quantitative estimate of drug-likeness (QED) is 0.303. The molecule has 1 atom stereocenters. The lowest BCUT2D eigenvalue weighted by atomic mass is 9.94. The second kappa shape index (κ2) is 10.7. The Morgan fingerprint density at radius 1 is 1.14 bits per heavy atom. The van der Waals surface area contributed by atoms with Gasteiger partial charge < -0.3 is 15.5 Å². The van der Waals surface area contributed by atoms with Crippen LogP contribution in [0, 0.1) is 6.92 Å². The molecule has 1 saturated heterocycles. The van der Waals surface area contributed by atoms with Crippen LogP contribution in [-0.2, 0) is 17.6 Å². The summed E-state index contributed by atoms with van der Waals surface area (Å²) in [5, 5.41) is 1.23. The van der Waals surface area contributed by atoms with Crippen LogP contribution in [0.3, 0.4) is 0 Å². The van der Waals surface area contributed by atoms with Crippen LogP contribution in [0.15, 0.2) is 65.8 Å². The lowest BCUT2D eigenvalue weighted by Crippen LogP contribution is -2.52. The number of pyridine rings is 1. The van der Waals surface area contributed by atoms with Crippen LogP contribution in [0.1, 0.15) is 30.2 Å². The summed E-state index contributed by atoms with van der Waals surface area (Å²) in [6, 6.07) is 17.8. The number of fused-ring (bicyclic) bond motifs is 2. The van der Waals surface area contributed by atoms with E-state index in [1.807, 2.05) is 6.92 Å². The van der Waals surface area contributed by atoms with Crippen LogP contribution in [0.2, 0.25) is 0 Å². The van der Waals surface area contributed by atoms with Gasteiger partial charge in [0.1, 0.15) is 5.70 Å². The smallest absolute Gasteiger partial charge is 0.266 e. The van der Waals surface area contributed by atoms with Gasteiger partial charge >= 0.3 is 0 Å². The number of aromatic nitrogens is 1. The van der Waals surface area contributed by atoms with Crippen molar-refractivity contribution in [3.8, 4) is 0 Å². The molecule has 2 aromatic carbocycles. The lowest BCUT2D eigenvalue weighted by molar-refractivity contribution is -0.114. The minimum absolute atomic E-state index is 0.0753. The van der Waals surface area contributed by atoms with Crippen molar-refractivity contribution >= 4 is 34.5 Å². The van der Waals surface area contributed by atoms with Crippen molar-refractivity contribution in [3.63, 3.8) is 0 Å². The summed E-state index contributed by atoms with van der Waals surface area (Å²) in [6.45, 7) is 13.0. The SMILES string of the molecule is C=C(N=CN1CCCc2c(CCN3CCN(c4cccc5nc(C)ccc45)C[C@H]3C)cccc21)C(N)=O. The number of nitrogens with two attached hydrogens (primary N) is 1. The third-order valence-electron chi connectivity index (χ3n) is 7.64. The standard InChI is InChI=1S/C30H36N6O/c1-21-12-13-26-27(33-21)9-5-11-29(26)35-18-17-34(22(2)19-35)16-14-24-7-4-10-28-25(24)8-6-15-36(28)20-32-23(3)30(31)37/h4-5,7,9-13,20,22H,3,6,8,14-19H2,1-2H3,(H2,31,37)/t22-/m1/s1. The Balaban J connectivity index is 1.25. The van der Waals surface area contributed by atoms with E-state index in [-0.39, 0.29) is 5.70 Å². The zero-order chi connectivity index (χ0) is 25.9. The third-order valence-corrected chi connectivity index (χ3v) is 7.64. The van der Waals surface area contributed by atoms with Gasteiger partial charge in [-0.25, -0.2) is 4.99 Å². The van der Waals surface area contributed by atoms with Crippen molar-refractivity contribution in [2.24, 2.45) is 10.7 Å². The molecule has 2 aliphatic heterocycles. The van der Waals surface area contributed by atoms with Gasteiger partial charge in [0, 0.05) is 61.2 Å². The highest BCUT2D eigenvalue weighted by molar-refractivity contribution is 5.94. The largest absolute Gasteiger partial charge is 0.368 e. The Kier molecular flexibility index (Phi) is 7.24. The number of benzene rings is 2. The average Bonchev–Trinajstić information content (AvgIpc) is 2.90. The first-order valence-corrected chi connectivity index (χ1v) is 13.2. The summed E-state index contributed by atoms with van der Waals surface area (Å²) < 4.78 is 0. The van der Waals surface area contributed by atoms with Crippen LogP contribution >= 0.6 is 0 Å². The highest BCUT2D eigenvalue weighted by Crippen LogP contribution is 2.31. The molecule has 37 heavy (non-hydrogen) atoms. The predicted octanol–water partition coefficient (Wildman–Crippen LogP) is 4.08. The fourth-order valence-electron chi connectivity index (χ4n) is 5.61. The Labute approximate surface area is 219 Å². The number of amides is 1. The molecule has 192 valence electrons. The second-order valence-electron chi connectivity index (χ2n) is 10.1. The monoisotopic (exact) mass is 496 g/mol. The number of hydrogen-bond acceptors (Lipinski definition) is 5. The van der Waals surface area contributed by atoms with Gasteiger partial charge in [0.2, 0.25) is 0 Å². The maximum atomic E-state index is 11.3. The number of carbonyl (C=O) groups is 1. The summed E-state index contributed by atoms with van der Waals surface area (Å²) in [7, 11) is 0. The normalized spacial score (nSPS) is 18.4. The van der Waals surface area contributed by atoms with Gasteiger partial charge in [0.05, 0.1) is 11.9 Å². The van der Waals surface area contributed by atoms with Gasteiger partial charge in [-0.3, -0.25) is 14.7 Å². The topological polar surface area (TPSA) is 78.1 Å². The van der Waals surface area contributed by atoms with Crippen molar-refractivity contribution < 1.29 is 4.79 Å². The average molecular weight is 497 g/mol. The van der Waals surface area contributed by atoms with Crippen LogP contribution < -0.4 is 15.5 Å². The molecular formula is C30H36N6O. The van der Waals surface area contributed by atoms with E-state index in [9.17, 15) is 4.79 Å². The molecule has 0 saturated carbocycles. The van der Waals surface area contributed by atoms with Crippen LogP contribution in [0.4, 0.5) is 11.4 Å². The molecule has 7 nitrogen and oxygen atoms in total. The van der Waals surface area contributed by atoms with E-state index in [0.717, 1.165) is 63.2 Å². The van der Waals surface area contributed by atoms with Crippen LogP contribution in [0.5, 0.6) is 0 Å². The van der Waals surface area contributed by atoms with E-state index < -0.39 is 5.91 Å². The van der Waals surface area contributed by atoms with Crippen molar-refractivity contribution in [2.75, 3.05) is 42.5 Å². The van der Waals surface area contributed by atoms with Crippen molar-refractivity contribution in [2.45, 2.75) is 39.2 Å². The highest BCUT2D eigenvalue weighted by Gasteiger charge is 2.25. The summed E-state index contributed by atoms with van der Waals surface area (Å²) in [5.74, 6) is -0.594. The number of nitrogens with zero attached hydrogens (tertiary/aromatic N) is 5. The van der Waals surface area contributed by atoms with E-state index in [4.69, 9.17) is 10.7 Å². The van der Waals surface area contributed by atoms with E-state index in [1.165, 1.54) is 27.9 Å². The predicted molar refractivity (Wildman–Crippen MR) is 152 cm³/mol. The third kappa shape index (κ3) is 5.37. The fourth-order valence-corrected chi connectivity index (χ4v) is 5.61. The van der Waals surface area contributed by atoms with Gasteiger partial charge in [-0.15, -0.1) is 0 Å². The number of aryl methyl sites for hydroxylation is 1. The first kappa shape index (κ1) is 25.0. The van der Waals surface area contributed by atoms with E-state index in [1.54, 1.807) is 6.34 Å². The first-order valence-electron chi connectivity index (χ1n) is 13.2. The summed E-state index contributed by atoms with van der Waals surface area (Å²) in [5.41, 5.74) is 12.7. The number of rotatable bonds is 7. The Hall–Kier alpha value is -3.71. The molecule has 0 spiro atoms. The maximum Gasteiger partial charge on any atom is 0.266 e. The molecule has 2 N–H and O–H groups in total. The fraction of sp³-hybridized carbons (Fsp3) is 0.367. The Morgan fingerprint density at radius 3 is 2.76 bits per heavy atom. The van der Waals surface area contributed by atoms with Gasteiger partial charge in [0.15, 0.2) is 0 Å². The molecule has 5 rings (SSSR count). The minimum Gasteiger partial charge on any atom is -0.368 e. The first-order chi connectivity index (χ1) is 17.9. The zero-order valence-corrected chi connectivity index (χ0v) is 21.9. The number of hydrogen-bond donors (Lipinski definition) is 1. The number of piperazine rings is 1. The van der Waals surface area contributed by atoms with Gasteiger partial charge in [-0.1, -0.05) is 24.8 Å². The molecule has 2 aliphatic rings. The van der Waals surface area contributed by atoms with Gasteiger partial charge in [-0.2, -0.15) is 0 Å². The van der Waals surface area contributed by atoms with Crippen molar-refractivity contribution in [1.82, 2.24) is 9.88 Å². The number of primary amides is 1. The van der Waals surface area contributed by atoms with Crippen molar-refractivity contribution in [3.05, 3.63) is 77.6 Å². The minimum atomic E-state index is -0.594. The van der Waals surface area contributed by atoms with Crippen LogP contribution in [-0.4, -0.2) is 60.9 Å². The van der Waals surface area contributed by atoms with Crippen LogP contribution in [0.25, 0.3) is 10.9 Å². The Bertz CT molecular complexity index is 1350. The second-order valence-corrected chi connectivity index (χ2v) is 10.1. The van der Waals surface area contributed by atoms with Crippen molar-refractivity contribution in [1.29, 1.82) is 0 Å². The summed E-state index contributed by atoms with van der Waals surface area (Å²) >= 11 is 0. The lowest BCUT2D eigenvalue weighted by Gasteiger charge is -2.41. The molecule has 7 heteroatoms. The van der Waals surface area contributed by atoms with Gasteiger partial charge in [-0.05, 0) is 74.6 Å². The molecule has 0 unspecified atom stereocenters. The molecule has 3 heterocycles. The van der Waals surface area contributed by atoms with E-state index in [0.29, 0.717) is 6.04 Å². The molecular weight excluding hydrogens is 460 g/mol. The molecule has 1 aromatic heterocycles. The highest BCUT2D eigenvalue weighted by atomic mass is 16.1. The molecule has 0 radical (unpaired) electrons. The van der Waals surface area contributed by atoms with E-state index in [2.05, 4.69) is 81.7 Å². The number of carbonyl (C=O) groups excluding carboxylic acids is 1. The molecule has 3 aromatic rings. The maximum absolute atomic E-state index is 11.3.